The first-order valence-electron chi connectivity index (χ1n) is 9.54. The van der Waals surface area contributed by atoms with E-state index in [1.807, 2.05) is 17.0 Å². The predicted molar refractivity (Wildman–Crippen MR) is 117 cm³/mol. The zero-order chi connectivity index (χ0) is 21.5. The maximum atomic E-state index is 12.7. The lowest BCUT2D eigenvalue weighted by molar-refractivity contribution is 0.500. The van der Waals surface area contributed by atoms with Gasteiger partial charge < -0.3 is 15.1 Å². The molecule has 1 aromatic heterocycles. The monoisotopic (exact) mass is 424 g/mol. The van der Waals surface area contributed by atoms with Gasteiger partial charge in [0.15, 0.2) is 0 Å². The molecule has 0 saturated heterocycles. The van der Waals surface area contributed by atoms with Gasteiger partial charge in [0.05, 0.1) is 16.4 Å². The first-order valence-corrected chi connectivity index (χ1v) is 11.0. The van der Waals surface area contributed by atoms with Gasteiger partial charge in [-0.15, -0.1) is 0 Å². The molecular formula is C22H24N4O3S. The molecule has 156 valence electrons. The first-order chi connectivity index (χ1) is 14.1. The molecule has 0 fully saturated rings. The summed E-state index contributed by atoms with van der Waals surface area (Å²) in [6.07, 6.45) is 1.55. The van der Waals surface area contributed by atoms with Crippen LogP contribution in [0.5, 0.6) is 0 Å². The van der Waals surface area contributed by atoms with E-state index in [1.54, 1.807) is 48.7 Å². The predicted octanol–water partition coefficient (Wildman–Crippen LogP) is 2.50. The number of hydrogen-bond acceptors (Lipinski definition) is 6. The van der Waals surface area contributed by atoms with Gasteiger partial charge in [0.25, 0.3) is 10.0 Å². The molecule has 4 rings (SSSR count). The van der Waals surface area contributed by atoms with Crippen molar-refractivity contribution in [1.82, 2.24) is 0 Å². The van der Waals surface area contributed by atoms with Gasteiger partial charge in [-0.2, -0.15) is 0 Å². The zero-order valence-corrected chi connectivity index (χ0v) is 17.9. The van der Waals surface area contributed by atoms with Crippen LogP contribution in [0.15, 0.2) is 75.2 Å². The Morgan fingerprint density at radius 3 is 2.33 bits per heavy atom. The highest BCUT2D eigenvalue weighted by atomic mass is 32.2. The smallest absolute Gasteiger partial charge is 0.261 e. The van der Waals surface area contributed by atoms with Crippen LogP contribution in [-0.4, -0.2) is 15.1 Å². The van der Waals surface area contributed by atoms with Gasteiger partial charge in [-0.3, -0.25) is 4.72 Å². The average Bonchev–Trinajstić information content (AvgIpc) is 3.18. The molecule has 0 saturated carbocycles. The molecule has 2 aromatic carbocycles. The summed E-state index contributed by atoms with van der Waals surface area (Å²) in [6.45, 7) is 6.59. The summed E-state index contributed by atoms with van der Waals surface area (Å²) < 4.78 is 33.4. The lowest BCUT2D eigenvalue weighted by Crippen LogP contribution is -2.42. The molecule has 3 aromatic rings. The third-order valence-corrected chi connectivity index (χ3v) is 6.43. The van der Waals surface area contributed by atoms with Crippen molar-refractivity contribution in [3.63, 3.8) is 0 Å². The van der Waals surface area contributed by atoms with Crippen LogP contribution >= 0.6 is 0 Å². The van der Waals surface area contributed by atoms with Crippen molar-refractivity contribution in [3.8, 4) is 0 Å². The van der Waals surface area contributed by atoms with Crippen molar-refractivity contribution < 1.29 is 12.8 Å². The molecule has 0 atom stereocenters. The van der Waals surface area contributed by atoms with Crippen molar-refractivity contribution in [2.24, 2.45) is 10.7 Å². The fourth-order valence-corrected chi connectivity index (χ4v) is 4.31. The molecule has 1 aliphatic heterocycles. The molecule has 0 amide bonds. The first kappa shape index (κ1) is 20.0. The van der Waals surface area contributed by atoms with Crippen LogP contribution in [0.25, 0.3) is 5.82 Å². The average molecular weight is 425 g/mol. The number of furan rings is 1. The number of benzene rings is 2. The Labute approximate surface area is 175 Å². The summed E-state index contributed by atoms with van der Waals surface area (Å²) in [6, 6.07) is 15.7. The van der Waals surface area contributed by atoms with Crippen molar-refractivity contribution >= 4 is 27.2 Å². The molecule has 8 heteroatoms. The molecule has 3 N–H and O–H groups in total. The molecule has 30 heavy (non-hydrogen) atoms. The quantitative estimate of drug-likeness (QED) is 0.670. The molecule has 0 spiro atoms. The third kappa shape index (κ3) is 3.78. The number of nitrogens with zero attached hydrogens (tertiary/aromatic N) is 2. The van der Waals surface area contributed by atoms with Crippen LogP contribution in [0.1, 0.15) is 26.3 Å². The number of anilines is 2. The Bertz CT molecular complexity index is 1290. The maximum Gasteiger partial charge on any atom is 0.261 e. The minimum Gasteiger partial charge on any atom is -0.446 e. The lowest BCUT2D eigenvalue weighted by atomic mass is 9.87. The number of fused-ring (bicyclic) bond motifs is 1. The minimum absolute atomic E-state index is 0.0393. The molecule has 1 aliphatic rings. The lowest BCUT2D eigenvalue weighted by Gasteiger charge is -2.24. The second-order valence-electron chi connectivity index (χ2n) is 8.18. The highest BCUT2D eigenvalue weighted by molar-refractivity contribution is 7.92. The Kier molecular flexibility index (Phi) is 4.82. The molecular weight excluding hydrogens is 400 g/mol. The Hall–Kier alpha value is -3.26. The van der Waals surface area contributed by atoms with E-state index >= 15 is 0 Å². The fraction of sp³-hybridized carbons (Fsp3) is 0.227. The van der Waals surface area contributed by atoms with E-state index in [0.29, 0.717) is 23.7 Å². The number of rotatable bonds is 4. The van der Waals surface area contributed by atoms with Gasteiger partial charge in [-0.05, 0) is 53.4 Å². The highest BCUT2D eigenvalue weighted by Crippen LogP contribution is 2.25. The largest absolute Gasteiger partial charge is 0.446 e. The van der Waals surface area contributed by atoms with Gasteiger partial charge in [0.1, 0.15) is 12.5 Å². The molecule has 0 aliphatic carbocycles. The molecule has 0 unspecified atom stereocenters. The van der Waals surface area contributed by atoms with E-state index in [1.165, 1.54) is 0 Å². The Morgan fingerprint density at radius 2 is 1.70 bits per heavy atom. The molecule has 7 nitrogen and oxygen atoms in total. The highest BCUT2D eigenvalue weighted by Gasteiger charge is 2.19. The number of sulfonamides is 1. The molecule has 0 bridgehead atoms. The van der Waals surface area contributed by atoms with Crippen LogP contribution in [-0.2, 0) is 15.4 Å². The maximum absolute atomic E-state index is 12.7. The van der Waals surface area contributed by atoms with Gasteiger partial charge in [-0.25, -0.2) is 13.4 Å². The van der Waals surface area contributed by atoms with E-state index in [-0.39, 0.29) is 10.3 Å². The van der Waals surface area contributed by atoms with Crippen molar-refractivity contribution in [2.45, 2.75) is 31.1 Å². The van der Waals surface area contributed by atoms with E-state index in [9.17, 15) is 8.42 Å². The normalized spacial score (nSPS) is 14.2. The second-order valence-corrected chi connectivity index (χ2v) is 9.86. The van der Waals surface area contributed by atoms with Crippen LogP contribution in [0.2, 0.25) is 0 Å². The van der Waals surface area contributed by atoms with Crippen molar-refractivity contribution in [1.29, 1.82) is 0 Å². The SMILES string of the molecule is CC(C)(C)c1ccc(S(=O)(=O)Nc2ccc(N3CN=c4occc4=C3N)cc2)cc1. The number of nitrogens with two attached hydrogens (primary N) is 1. The van der Waals surface area contributed by atoms with Crippen molar-refractivity contribution in [3.05, 3.63) is 77.2 Å². The van der Waals surface area contributed by atoms with Gasteiger partial charge in [-0.1, -0.05) is 32.9 Å². The van der Waals surface area contributed by atoms with E-state index in [0.717, 1.165) is 16.5 Å². The second kappa shape index (κ2) is 7.21. The van der Waals surface area contributed by atoms with Gasteiger partial charge >= 0.3 is 0 Å². The van der Waals surface area contributed by atoms with E-state index in [2.05, 4.69) is 30.5 Å². The third-order valence-electron chi connectivity index (χ3n) is 5.03. The topological polar surface area (TPSA) is 101 Å². The van der Waals surface area contributed by atoms with Crippen LogP contribution < -0.4 is 26.1 Å². The minimum atomic E-state index is -3.68. The zero-order valence-electron chi connectivity index (χ0n) is 17.1. The van der Waals surface area contributed by atoms with Gasteiger partial charge in [0, 0.05) is 11.4 Å². The standard InChI is InChI=1S/C22H24N4O3S/c1-22(2,3)15-4-10-18(11-5-15)30(27,28)25-16-6-8-17(9-7-16)26-14-24-21-19(20(26)23)12-13-29-21/h4-13,25H,14,23H2,1-3H3. The summed E-state index contributed by atoms with van der Waals surface area (Å²) in [5.41, 5.74) is 9.07. The van der Waals surface area contributed by atoms with E-state index < -0.39 is 10.0 Å². The molecule has 2 heterocycles. The number of hydrogen-bond donors (Lipinski definition) is 2. The summed E-state index contributed by atoms with van der Waals surface area (Å²) >= 11 is 0. The Morgan fingerprint density at radius 1 is 1.03 bits per heavy atom. The van der Waals surface area contributed by atoms with E-state index in [4.69, 9.17) is 10.2 Å². The number of nitrogens with one attached hydrogen (secondary N) is 1. The summed E-state index contributed by atoms with van der Waals surface area (Å²) in [4.78, 5) is 6.41. The van der Waals surface area contributed by atoms with Crippen LogP contribution in [0, 0.1) is 0 Å². The summed E-state index contributed by atoms with van der Waals surface area (Å²) in [5, 5.41) is 0.740. The van der Waals surface area contributed by atoms with Gasteiger partial charge in [0.2, 0.25) is 5.55 Å². The molecule has 0 radical (unpaired) electrons. The van der Waals surface area contributed by atoms with Crippen LogP contribution in [0.3, 0.4) is 0 Å². The summed E-state index contributed by atoms with van der Waals surface area (Å²) in [5.74, 6) is 0.543. The fourth-order valence-electron chi connectivity index (χ4n) is 3.25. The van der Waals surface area contributed by atoms with Crippen LogP contribution in [0.4, 0.5) is 11.4 Å². The Balaban J connectivity index is 1.53. The summed E-state index contributed by atoms with van der Waals surface area (Å²) in [7, 11) is -3.68. The van der Waals surface area contributed by atoms with Crippen molar-refractivity contribution in [2.75, 3.05) is 16.3 Å².